The van der Waals surface area contributed by atoms with Gasteiger partial charge in [-0.1, -0.05) is 6.92 Å². The van der Waals surface area contributed by atoms with Gasteiger partial charge in [0.05, 0.1) is 0 Å². The standard InChI is InChI=1S/C11H16N8S/c1-7-8(2)20-4-3-18(7)10-15-9(12)16-11(17-10)19-6-13-5-14-19/h5-8H,3-4H2,1-2H3,(H2,12,15,16,17). The van der Waals surface area contributed by atoms with E-state index in [0.29, 0.717) is 23.2 Å². The Balaban J connectivity index is 1.97. The number of rotatable bonds is 2. The summed E-state index contributed by atoms with van der Waals surface area (Å²) in [5.74, 6) is 2.24. The van der Waals surface area contributed by atoms with Crippen molar-refractivity contribution in [3.63, 3.8) is 0 Å². The van der Waals surface area contributed by atoms with Crippen molar-refractivity contribution >= 4 is 23.7 Å². The first-order valence-electron chi connectivity index (χ1n) is 6.40. The molecule has 9 heteroatoms. The van der Waals surface area contributed by atoms with Crippen LogP contribution >= 0.6 is 11.8 Å². The third-order valence-corrected chi connectivity index (χ3v) is 4.73. The van der Waals surface area contributed by atoms with Gasteiger partial charge in [-0.3, -0.25) is 0 Å². The van der Waals surface area contributed by atoms with Crippen LogP contribution in [-0.4, -0.2) is 53.3 Å². The van der Waals surface area contributed by atoms with E-state index in [1.165, 1.54) is 17.3 Å². The quantitative estimate of drug-likeness (QED) is 0.847. The molecule has 0 amide bonds. The molecule has 2 N–H and O–H groups in total. The normalized spacial score (nSPS) is 23.0. The van der Waals surface area contributed by atoms with Crippen LogP contribution in [0, 0.1) is 0 Å². The zero-order chi connectivity index (χ0) is 14.1. The third kappa shape index (κ3) is 2.40. The number of nitrogens with two attached hydrogens (primary N) is 1. The van der Waals surface area contributed by atoms with Gasteiger partial charge in [0.15, 0.2) is 0 Å². The molecule has 3 heterocycles. The largest absolute Gasteiger partial charge is 0.368 e. The van der Waals surface area contributed by atoms with E-state index in [9.17, 15) is 0 Å². The second-order valence-electron chi connectivity index (χ2n) is 4.64. The summed E-state index contributed by atoms with van der Waals surface area (Å²) < 4.78 is 1.48. The third-order valence-electron chi connectivity index (χ3n) is 3.39. The molecule has 0 spiro atoms. The molecular formula is C11H16N8S. The molecule has 2 unspecified atom stereocenters. The fraction of sp³-hybridized carbons (Fsp3) is 0.545. The lowest BCUT2D eigenvalue weighted by Crippen LogP contribution is -2.45. The number of nitrogens with zero attached hydrogens (tertiary/aromatic N) is 7. The van der Waals surface area contributed by atoms with Crippen molar-refractivity contribution in [1.82, 2.24) is 29.7 Å². The molecule has 0 aromatic carbocycles. The molecule has 1 saturated heterocycles. The first-order valence-corrected chi connectivity index (χ1v) is 7.45. The lowest BCUT2D eigenvalue weighted by molar-refractivity contribution is 0.608. The Kier molecular flexibility index (Phi) is 3.43. The Labute approximate surface area is 120 Å². The predicted octanol–water partition coefficient (Wildman–Crippen LogP) is 0.365. The summed E-state index contributed by atoms with van der Waals surface area (Å²) in [5.41, 5.74) is 5.80. The molecule has 2 atom stereocenters. The van der Waals surface area contributed by atoms with E-state index in [4.69, 9.17) is 5.73 Å². The van der Waals surface area contributed by atoms with Gasteiger partial charge in [-0.15, -0.1) is 0 Å². The van der Waals surface area contributed by atoms with Gasteiger partial charge in [0.25, 0.3) is 5.95 Å². The number of anilines is 2. The van der Waals surface area contributed by atoms with Gasteiger partial charge in [0, 0.05) is 23.6 Å². The Morgan fingerprint density at radius 2 is 2.05 bits per heavy atom. The molecule has 0 radical (unpaired) electrons. The predicted molar refractivity (Wildman–Crippen MR) is 77.9 cm³/mol. The lowest BCUT2D eigenvalue weighted by atomic mass is 10.2. The SMILES string of the molecule is CC1SCCN(c2nc(N)nc(-n3cncn3)n2)C1C. The molecular weight excluding hydrogens is 276 g/mol. The van der Waals surface area contributed by atoms with Gasteiger partial charge < -0.3 is 10.6 Å². The molecule has 0 saturated carbocycles. The minimum absolute atomic E-state index is 0.193. The van der Waals surface area contributed by atoms with Crippen LogP contribution in [-0.2, 0) is 0 Å². The number of nitrogen functional groups attached to an aromatic ring is 1. The van der Waals surface area contributed by atoms with E-state index >= 15 is 0 Å². The van der Waals surface area contributed by atoms with Crippen LogP contribution in [0.3, 0.4) is 0 Å². The van der Waals surface area contributed by atoms with Gasteiger partial charge in [0.2, 0.25) is 11.9 Å². The highest BCUT2D eigenvalue weighted by Gasteiger charge is 2.27. The maximum Gasteiger partial charge on any atom is 0.258 e. The van der Waals surface area contributed by atoms with E-state index in [1.807, 2.05) is 11.8 Å². The van der Waals surface area contributed by atoms with Crippen LogP contribution in [0.4, 0.5) is 11.9 Å². The molecule has 1 aliphatic heterocycles. The number of aromatic nitrogens is 6. The van der Waals surface area contributed by atoms with E-state index in [1.54, 1.807) is 0 Å². The van der Waals surface area contributed by atoms with Crippen molar-refractivity contribution < 1.29 is 0 Å². The lowest BCUT2D eigenvalue weighted by Gasteiger charge is -2.37. The van der Waals surface area contributed by atoms with Crippen LogP contribution in [0.2, 0.25) is 0 Å². The molecule has 0 aliphatic carbocycles. The van der Waals surface area contributed by atoms with Gasteiger partial charge in [-0.05, 0) is 6.92 Å². The van der Waals surface area contributed by atoms with E-state index in [2.05, 4.69) is 43.8 Å². The van der Waals surface area contributed by atoms with E-state index < -0.39 is 0 Å². The van der Waals surface area contributed by atoms with Crippen LogP contribution in [0.25, 0.3) is 5.95 Å². The Bertz CT molecular complexity index is 586. The van der Waals surface area contributed by atoms with Gasteiger partial charge >= 0.3 is 0 Å². The van der Waals surface area contributed by atoms with Crippen LogP contribution < -0.4 is 10.6 Å². The number of thioether (sulfide) groups is 1. The summed E-state index contributed by atoms with van der Waals surface area (Å²) in [7, 11) is 0. The molecule has 20 heavy (non-hydrogen) atoms. The zero-order valence-corrected chi connectivity index (χ0v) is 12.2. The monoisotopic (exact) mass is 292 g/mol. The molecule has 2 aromatic rings. The Morgan fingerprint density at radius 3 is 2.80 bits per heavy atom. The van der Waals surface area contributed by atoms with Crippen molar-refractivity contribution in [1.29, 1.82) is 0 Å². The first kappa shape index (κ1) is 13.1. The molecule has 3 rings (SSSR count). The summed E-state index contributed by atoms with van der Waals surface area (Å²) in [6.07, 6.45) is 2.97. The summed E-state index contributed by atoms with van der Waals surface area (Å²) in [5, 5.41) is 4.55. The van der Waals surface area contributed by atoms with Crippen LogP contribution in [0.5, 0.6) is 0 Å². The van der Waals surface area contributed by atoms with Gasteiger partial charge in [0.1, 0.15) is 12.7 Å². The van der Waals surface area contributed by atoms with Crippen molar-refractivity contribution in [3.8, 4) is 5.95 Å². The molecule has 2 aromatic heterocycles. The summed E-state index contributed by atoms with van der Waals surface area (Å²) >= 11 is 1.96. The summed E-state index contributed by atoms with van der Waals surface area (Å²) in [6, 6.07) is 0.346. The average molecular weight is 292 g/mol. The van der Waals surface area contributed by atoms with Gasteiger partial charge in [-0.2, -0.15) is 36.5 Å². The minimum Gasteiger partial charge on any atom is -0.368 e. The van der Waals surface area contributed by atoms with Gasteiger partial charge in [-0.25, -0.2) is 4.98 Å². The Morgan fingerprint density at radius 1 is 1.25 bits per heavy atom. The molecule has 106 valence electrons. The highest BCUT2D eigenvalue weighted by Crippen LogP contribution is 2.27. The van der Waals surface area contributed by atoms with E-state index in [0.717, 1.165) is 12.3 Å². The first-order chi connectivity index (χ1) is 9.65. The molecule has 0 bridgehead atoms. The molecule has 1 aliphatic rings. The van der Waals surface area contributed by atoms with Crippen molar-refractivity contribution in [2.24, 2.45) is 0 Å². The maximum absolute atomic E-state index is 5.80. The second kappa shape index (κ2) is 5.23. The fourth-order valence-corrected chi connectivity index (χ4v) is 3.23. The van der Waals surface area contributed by atoms with Crippen molar-refractivity contribution in [2.75, 3.05) is 22.9 Å². The fourth-order valence-electron chi connectivity index (χ4n) is 2.13. The van der Waals surface area contributed by atoms with Crippen LogP contribution in [0.15, 0.2) is 12.7 Å². The highest BCUT2D eigenvalue weighted by atomic mass is 32.2. The van der Waals surface area contributed by atoms with Crippen molar-refractivity contribution in [2.45, 2.75) is 25.1 Å². The smallest absolute Gasteiger partial charge is 0.258 e. The topological polar surface area (TPSA) is 98.6 Å². The zero-order valence-electron chi connectivity index (χ0n) is 11.3. The number of hydrogen-bond acceptors (Lipinski definition) is 8. The van der Waals surface area contributed by atoms with Crippen molar-refractivity contribution in [3.05, 3.63) is 12.7 Å². The van der Waals surface area contributed by atoms with Crippen LogP contribution in [0.1, 0.15) is 13.8 Å². The molecule has 8 nitrogen and oxygen atoms in total. The maximum atomic E-state index is 5.80. The molecule has 1 fully saturated rings. The Hall–Kier alpha value is -1.90. The summed E-state index contributed by atoms with van der Waals surface area (Å²) in [6.45, 7) is 5.28. The highest BCUT2D eigenvalue weighted by molar-refractivity contribution is 8.00. The number of hydrogen-bond donors (Lipinski definition) is 1. The minimum atomic E-state index is 0.193. The average Bonchev–Trinajstić information content (AvgIpc) is 2.95. The van der Waals surface area contributed by atoms with E-state index in [-0.39, 0.29) is 5.95 Å². The summed E-state index contributed by atoms with van der Waals surface area (Å²) in [4.78, 5) is 18.9. The second-order valence-corrected chi connectivity index (χ2v) is 6.13.